The van der Waals surface area contributed by atoms with Crippen LogP contribution < -0.4 is 38.0 Å². The minimum absolute atomic E-state index is 0. The maximum absolute atomic E-state index is 9.88. The lowest BCUT2D eigenvalue weighted by Gasteiger charge is -2.20. The van der Waals surface area contributed by atoms with Gasteiger partial charge in [-0.3, -0.25) is 0 Å². The number of aliphatic hydroxyl groups is 2. The highest BCUT2D eigenvalue weighted by Gasteiger charge is 2.20. The largest absolute Gasteiger partial charge is 1.00 e. The van der Waals surface area contributed by atoms with Crippen molar-refractivity contribution in [1.82, 2.24) is 0 Å². The van der Waals surface area contributed by atoms with Gasteiger partial charge in [0.1, 0.15) is 6.54 Å². The van der Waals surface area contributed by atoms with Crippen molar-refractivity contribution >= 4 is 10.9 Å². The van der Waals surface area contributed by atoms with Crippen molar-refractivity contribution in [2.45, 2.75) is 59.3 Å². The summed E-state index contributed by atoms with van der Waals surface area (Å²) in [6.07, 6.45) is 3.12. The Morgan fingerprint density at radius 1 is 0.789 bits per heavy atom. The fourth-order valence-corrected chi connectivity index (χ4v) is 4.88. The lowest BCUT2D eigenvalue weighted by molar-refractivity contribution is -0.670. The van der Waals surface area contributed by atoms with Gasteiger partial charge in [-0.2, -0.15) is 4.57 Å². The molecule has 0 spiro atoms. The third kappa shape index (κ3) is 5.98. The van der Waals surface area contributed by atoms with Crippen molar-refractivity contribution < 1.29 is 48.2 Å². The third-order valence-electron chi connectivity index (χ3n) is 6.94. The summed E-state index contributed by atoms with van der Waals surface area (Å²) in [5.74, 6) is 1.37. The average Bonchev–Trinajstić information content (AvgIpc) is 2.91. The fraction of sp³-hybridized carbons (Fsp3) is 0.344. The van der Waals surface area contributed by atoms with Crippen LogP contribution in [-0.2, 0) is 25.2 Å². The normalized spacial score (nSPS) is 11.4. The highest BCUT2D eigenvalue weighted by atomic mass is 127. The first-order valence-electron chi connectivity index (χ1n) is 12.8. The Bertz CT molecular complexity index is 1410. The Kier molecular flexibility index (Phi) is 9.79. The number of fused-ring (bicyclic) bond motifs is 1. The second-order valence-electron chi connectivity index (χ2n) is 10.5. The molecule has 0 saturated heterocycles. The van der Waals surface area contributed by atoms with Crippen molar-refractivity contribution in [3.05, 3.63) is 77.5 Å². The van der Waals surface area contributed by atoms with Crippen LogP contribution in [0.5, 0.6) is 11.5 Å². The average molecular weight is 628 g/mol. The smallest absolute Gasteiger partial charge is 0.212 e. The van der Waals surface area contributed by atoms with Crippen LogP contribution in [0.4, 0.5) is 0 Å². The van der Waals surface area contributed by atoms with E-state index in [1.807, 2.05) is 18.2 Å². The summed E-state index contributed by atoms with van der Waals surface area (Å²) in [7, 11) is 3.33. The molecule has 3 aromatic carbocycles. The number of hydrogen-bond acceptors (Lipinski definition) is 4. The molecule has 0 aliphatic heterocycles. The fourth-order valence-electron chi connectivity index (χ4n) is 4.88. The number of aliphatic hydroxyl groups excluding tert-OH is 2. The van der Waals surface area contributed by atoms with Crippen LogP contribution in [0.15, 0.2) is 60.8 Å². The number of aromatic nitrogens is 1. The lowest BCUT2D eigenvalue weighted by Crippen LogP contribution is -3.00. The molecule has 0 aliphatic carbocycles. The van der Waals surface area contributed by atoms with Gasteiger partial charge in [0, 0.05) is 29.0 Å². The minimum Gasteiger partial charge on any atom is -1.00 e. The van der Waals surface area contributed by atoms with E-state index in [-0.39, 0.29) is 42.6 Å². The van der Waals surface area contributed by atoms with Crippen LogP contribution in [0.25, 0.3) is 33.2 Å². The number of pyridine rings is 1. The summed E-state index contributed by atoms with van der Waals surface area (Å²) in [5.41, 5.74) is 7.94. The summed E-state index contributed by atoms with van der Waals surface area (Å²) in [4.78, 5) is 0. The molecule has 0 amide bonds. The van der Waals surface area contributed by atoms with Crippen molar-refractivity contribution in [2.75, 3.05) is 14.2 Å². The van der Waals surface area contributed by atoms with E-state index < -0.39 is 0 Å². The number of benzene rings is 3. The van der Waals surface area contributed by atoms with Gasteiger partial charge in [-0.25, -0.2) is 0 Å². The Labute approximate surface area is 243 Å². The van der Waals surface area contributed by atoms with Gasteiger partial charge in [-0.05, 0) is 57.5 Å². The number of hydrogen-bond donors (Lipinski definition) is 2. The Hall–Kier alpha value is -2.68. The highest BCUT2D eigenvalue weighted by molar-refractivity contribution is 5.86. The lowest BCUT2D eigenvalue weighted by atomic mass is 9.86. The second-order valence-corrected chi connectivity index (χ2v) is 10.5. The Balaban J connectivity index is 0.00000400. The molecule has 2 N–H and O–H groups in total. The van der Waals surface area contributed by atoms with Crippen LogP contribution in [0.3, 0.4) is 0 Å². The summed E-state index contributed by atoms with van der Waals surface area (Å²) in [5, 5.41) is 20.7. The molecule has 4 aromatic rings. The predicted octanol–water partition coefficient (Wildman–Crippen LogP) is 3.17. The number of nitrogens with zero attached hydrogens (tertiary/aromatic N) is 1. The zero-order chi connectivity index (χ0) is 26.7. The Morgan fingerprint density at radius 3 is 2.00 bits per heavy atom. The number of ether oxygens (including phenoxy) is 2. The van der Waals surface area contributed by atoms with E-state index in [9.17, 15) is 10.2 Å². The van der Waals surface area contributed by atoms with E-state index in [0.29, 0.717) is 11.5 Å². The van der Waals surface area contributed by atoms with Gasteiger partial charge in [0.15, 0.2) is 17.7 Å². The molecular formula is C32H38INO4. The molecular weight excluding hydrogens is 589 g/mol. The number of aryl methyl sites for hydroxylation is 1. The standard InChI is InChI=1S/C32H38NO4.HI/c1-7-12-33-18-24(13-23-14-25(19-34)26(20-35)16-29(23)33)22-15-28(31(37-6)30(17-22)36-5)21-8-10-27(11-9-21)32(2,3)4;/h8-11,13-18,34-35H,7,12,19-20H2,1-6H3;1H/q+1;/p-1. The molecule has 0 atom stereocenters. The molecule has 6 heteroatoms. The third-order valence-corrected chi connectivity index (χ3v) is 6.94. The zero-order valence-electron chi connectivity index (χ0n) is 23.1. The molecule has 0 aliphatic rings. The van der Waals surface area contributed by atoms with Gasteiger partial charge in [0.05, 0.1) is 27.4 Å². The summed E-state index contributed by atoms with van der Waals surface area (Å²) in [6, 6.07) is 18.9. The highest BCUT2D eigenvalue weighted by Crippen LogP contribution is 2.42. The summed E-state index contributed by atoms with van der Waals surface area (Å²) >= 11 is 0. The topological polar surface area (TPSA) is 62.8 Å². The quantitative estimate of drug-likeness (QED) is 0.233. The van der Waals surface area contributed by atoms with Crippen molar-refractivity contribution in [1.29, 1.82) is 0 Å². The van der Waals surface area contributed by atoms with Crippen molar-refractivity contribution in [2.24, 2.45) is 0 Å². The first kappa shape index (κ1) is 29.9. The van der Waals surface area contributed by atoms with E-state index in [1.165, 1.54) is 5.56 Å². The van der Waals surface area contributed by atoms with E-state index >= 15 is 0 Å². The van der Waals surface area contributed by atoms with Gasteiger partial charge in [-0.1, -0.05) is 52.0 Å². The molecule has 0 saturated carbocycles. The number of rotatable bonds is 8. The van der Waals surface area contributed by atoms with Crippen LogP contribution >= 0.6 is 0 Å². The van der Waals surface area contributed by atoms with Crippen LogP contribution in [0.2, 0.25) is 0 Å². The molecule has 1 aromatic heterocycles. The van der Waals surface area contributed by atoms with Crippen LogP contribution in [-0.4, -0.2) is 24.4 Å². The molecule has 202 valence electrons. The van der Waals surface area contributed by atoms with Gasteiger partial charge in [-0.15, -0.1) is 0 Å². The van der Waals surface area contributed by atoms with E-state index in [4.69, 9.17) is 9.47 Å². The van der Waals surface area contributed by atoms with Crippen LogP contribution in [0, 0.1) is 0 Å². The predicted molar refractivity (Wildman–Crippen MR) is 149 cm³/mol. The minimum atomic E-state index is -0.116. The van der Waals surface area contributed by atoms with Crippen molar-refractivity contribution in [3.8, 4) is 33.8 Å². The van der Waals surface area contributed by atoms with E-state index in [1.54, 1.807) is 14.2 Å². The molecule has 0 radical (unpaired) electrons. The monoisotopic (exact) mass is 627 g/mol. The van der Waals surface area contributed by atoms with Gasteiger partial charge < -0.3 is 43.7 Å². The summed E-state index contributed by atoms with van der Waals surface area (Å²) < 4.78 is 13.8. The van der Waals surface area contributed by atoms with Gasteiger partial charge >= 0.3 is 0 Å². The maximum atomic E-state index is 9.88. The number of halogens is 1. The zero-order valence-corrected chi connectivity index (χ0v) is 25.3. The Morgan fingerprint density at radius 2 is 1.45 bits per heavy atom. The molecule has 4 rings (SSSR count). The molecule has 38 heavy (non-hydrogen) atoms. The second kappa shape index (κ2) is 12.5. The van der Waals surface area contributed by atoms with Gasteiger partial charge in [0.25, 0.3) is 0 Å². The van der Waals surface area contributed by atoms with E-state index in [2.05, 4.69) is 74.9 Å². The first-order chi connectivity index (χ1) is 17.7. The van der Waals surface area contributed by atoms with Crippen LogP contribution in [0.1, 0.15) is 50.8 Å². The number of methoxy groups -OCH3 is 2. The van der Waals surface area contributed by atoms with Gasteiger partial charge in [0.2, 0.25) is 5.52 Å². The summed E-state index contributed by atoms with van der Waals surface area (Å²) in [6.45, 7) is 9.40. The molecule has 1 heterocycles. The molecule has 0 unspecified atom stereocenters. The van der Waals surface area contributed by atoms with Crippen molar-refractivity contribution in [3.63, 3.8) is 0 Å². The molecule has 0 bridgehead atoms. The van der Waals surface area contributed by atoms with E-state index in [0.717, 1.165) is 57.2 Å². The molecule has 0 fully saturated rings. The molecule has 5 nitrogen and oxygen atoms in total. The maximum Gasteiger partial charge on any atom is 0.212 e. The first-order valence-corrected chi connectivity index (χ1v) is 12.8. The SMILES string of the molecule is CCC[n+]1cc(-c2cc(OC)c(OC)c(-c3ccc(C(C)(C)C)cc3)c2)cc2cc(CO)c(CO)cc21.[I-].